The smallest absolute Gasteiger partial charge is 0.277 e. The molecule has 33 heavy (non-hydrogen) atoms. The average Bonchev–Trinajstić information content (AvgIpc) is 3.44. The van der Waals surface area contributed by atoms with Gasteiger partial charge < -0.3 is 15.1 Å². The van der Waals surface area contributed by atoms with Crippen molar-refractivity contribution in [3.05, 3.63) is 33.9 Å². The zero-order valence-corrected chi connectivity index (χ0v) is 20.0. The molecule has 0 spiro atoms. The standard InChI is InChI=1S/C21H22FN7O2S2/c1-10-18(33-11(2)24-10)15-9-32-21(25-15)27-16-8-23-17(19(22)26-16)20(30)29-13-4-5-14(29)7-12(6-13)28-31-3/h8-9,13-14H,4-7H2,1-3H3,(H,25,26,27)/t13-,14+. The Bertz CT molecular complexity index is 1230. The number of halogens is 1. The van der Waals surface area contributed by atoms with Crippen molar-refractivity contribution in [2.75, 3.05) is 12.4 Å². The zero-order valence-electron chi connectivity index (χ0n) is 18.3. The number of rotatable bonds is 5. The lowest BCUT2D eigenvalue weighted by molar-refractivity contribution is 0.0641. The highest BCUT2D eigenvalue weighted by molar-refractivity contribution is 7.16. The van der Waals surface area contributed by atoms with E-state index in [4.69, 9.17) is 4.84 Å². The van der Waals surface area contributed by atoms with Crippen LogP contribution in [0, 0.1) is 19.8 Å². The Kier molecular flexibility index (Phi) is 5.79. The topological polar surface area (TPSA) is 105 Å². The molecule has 2 bridgehead atoms. The maximum atomic E-state index is 14.8. The summed E-state index contributed by atoms with van der Waals surface area (Å²) in [5.74, 6) is -1.13. The number of aromatic nitrogens is 4. The third kappa shape index (κ3) is 4.20. The van der Waals surface area contributed by atoms with E-state index in [0.717, 1.165) is 39.8 Å². The molecular weight excluding hydrogens is 465 g/mol. The summed E-state index contributed by atoms with van der Waals surface area (Å²) < 4.78 is 14.8. The molecular formula is C21H22FN7O2S2. The summed E-state index contributed by atoms with van der Waals surface area (Å²) in [7, 11) is 1.51. The van der Waals surface area contributed by atoms with Crippen LogP contribution in [0.2, 0.25) is 0 Å². The SMILES string of the molecule is CON=C1C[C@H]2CC[C@@H](C1)N2C(=O)c1ncc(Nc2nc(-c3sc(C)nc3C)cs2)nc1F. The lowest BCUT2D eigenvalue weighted by Gasteiger charge is -2.34. The highest BCUT2D eigenvalue weighted by Gasteiger charge is 2.43. The fourth-order valence-electron chi connectivity index (χ4n) is 4.53. The number of aryl methyl sites for hydroxylation is 2. The maximum Gasteiger partial charge on any atom is 0.277 e. The summed E-state index contributed by atoms with van der Waals surface area (Å²) in [6.45, 7) is 3.90. The van der Waals surface area contributed by atoms with Crippen molar-refractivity contribution in [1.29, 1.82) is 0 Å². The van der Waals surface area contributed by atoms with Gasteiger partial charge in [0, 0.05) is 30.3 Å². The number of hydrogen-bond acceptors (Lipinski definition) is 10. The molecule has 2 aliphatic heterocycles. The second-order valence-corrected chi connectivity index (χ2v) is 10.1. The van der Waals surface area contributed by atoms with Gasteiger partial charge in [-0.3, -0.25) is 4.79 Å². The van der Waals surface area contributed by atoms with Crippen LogP contribution in [0.4, 0.5) is 15.3 Å². The van der Waals surface area contributed by atoms with E-state index in [1.807, 2.05) is 19.2 Å². The van der Waals surface area contributed by atoms with E-state index in [9.17, 15) is 9.18 Å². The summed E-state index contributed by atoms with van der Waals surface area (Å²) in [5.41, 5.74) is 2.41. The largest absolute Gasteiger partial charge is 0.399 e. The van der Waals surface area contributed by atoms with E-state index >= 15 is 0 Å². The van der Waals surface area contributed by atoms with Crippen LogP contribution in [0.15, 0.2) is 16.7 Å². The van der Waals surface area contributed by atoms with Gasteiger partial charge in [-0.2, -0.15) is 9.37 Å². The Labute approximate surface area is 197 Å². The van der Waals surface area contributed by atoms with E-state index in [-0.39, 0.29) is 23.6 Å². The molecule has 5 rings (SSSR count). The average molecular weight is 488 g/mol. The fourth-order valence-corrected chi connectivity index (χ4v) is 6.19. The summed E-state index contributed by atoms with van der Waals surface area (Å²) >= 11 is 2.96. The molecule has 172 valence electrons. The normalized spacial score (nSPS) is 21.0. The number of anilines is 2. The number of thiazole rings is 2. The first-order valence-electron chi connectivity index (χ1n) is 10.5. The molecule has 3 aromatic heterocycles. The van der Waals surface area contributed by atoms with Gasteiger partial charge in [0.25, 0.3) is 5.91 Å². The summed E-state index contributed by atoms with van der Waals surface area (Å²) in [6.07, 6.45) is 4.35. The number of piperidine rings is 1. The number of oxime groups is 1. The first-order chi connectivity index (χ1) is 15.9. The number of nitrogens with zero attached hydrogens (tertiary/aromatic N) is 6. The predicted molar refractivity (Wildman–Crippen MR) is 125 cm³/mol. The molecule has 2 aliphatic rings. The summed E-state index contributed by atoms with van der Waals surface area (Å²) in [5, 5.41) is 10.5. The van der Waals surface area contributed by atoms with Gasteiger partial charge in [-0.15, -0.1) is 22.7 Å². The highest BCUT2D eigenvalue weighted by Crippen LogP contribution is 2.36. The van der Waals surface area contributed by atoms with Crippen LogP contribution in [0.1, 0.15) is 46.9 Å². The van der Waals surface area contributed by atoms with E-state index in [1.54, 1.807) is 16.2 Å². The van der Waals surface area contributed by atoms with Crippen molar-refractivity contribution in [2.24, 2.45) is 5.16 Å². The Balaban J connectivity index is 1.31. The van der Waals surface area contributed by atoms with Crippen molar-refractivity contribution in [3.8, 4) is 10.6 Å². The van der Waals surface area contributed by atoms with Gasteiger partial charge in [-0.1, -0.05) is 5.16 Å². The first kappa shape index (κ1) is 21.8. The lowest BCUT2D eigenvalue weighted by Crippen LogP contribution is -2.47. The molecule has 0 radical (unpaired) electrons. The third-order valence-corrected chi connectivity index (χ3v) is 7.68. The van der Waals surface area contributed by atoms with Gasteiger partial charge in [0.2, 0.25) is 5.95 Å². The van der Waals surface area contributed by atoms with E-state index < -0.39 is 11.9 Å². The Morgan fingerprint density at radius 2 is 2.00 bits per heavy atom. The Hall–Kier alpha value is -2.99. The zero-order chi connectivity index (χ0) is 23.1. The molecule has 5 heterocycles. The van der Waals surface area contributed by atoms with E-state index in [0.29, 0.717) is 18.0 Å². The van der Waals surface area contributed by atoms with Crippen LogP contribution in [0.3, 0.4) is 0 Å². The molecule has 2 atom stereocenters. The third-order valence-electron chi connectivity index (χ3n) is 5.83. The number of amides is 1. The molecule has 0 saturated carbocycles. The van der Waals surface area contributed by atoms with Crippen LogP contribution in [-0.4, -0.2) is 55.6 Å². The number of nitrogens with one attached hydrogen (secondary N) is 1. The minimum Gasteiger partial charge on any atom is -0.399 e. The first-order valence-corrected chi connectivity index (χ1v) is 12.2. The molecule has 0 aromatic carbocycles. The van der Waals surface area contributed by atoms with E-state index in [1.165, 1.54) is 24.6 Å². The van der Waals surface area contributed by atoms with Gasteiger partial charge in [0.1, 0.15) is 7.11 Å². The molecule has 12 heteroatoms. The second kappa shape index (κ2) is 8.75. The number of carbonyl (C=O) groups excluding carboxylic acids is 1. The fraction of sp³-hybridized carbons (Fsp3) is 0.429. The Morgan fingerprint density at radius 3 is 2.64 bits per heavy atom. The Morgan fingerprint density at radius 1 is 1.24 bits per heavy atom. The molecule has 3 aromatic rings. The minimum absolute atomic E-state index is 0.0169. The number of fused-ring (bicyclic) bond motifs is 2. The van der Waals surface area contributed by atoms with Gasteiger partial charge in [0.15, 0.2) is 16.6 Å². The number of hydrogen-bond donors (Lipinski definition) is 1. The van der Waals surface area contributed by atoms with Crippen LogP contribution >= 0.6 is 22.7 Å². The minimum atomic E-state index is -0.897. The van der Waals surface area contributed by atoms with Crippen molar-refractivity contribution in [3.63, 3.8) is 0 Å². The summed E-state index contributed by atoms with van der Waals surface area (Å²) in [4.78, 5) is 37.7. The van der Waals surface area contributed by atoms with Crippen molar-refractivity contribution < 1.29 is 14.0 Å². The van der Waals surface area contributed by atoms with Gasteiger partial charge in [0.05, 0.1) is 33.2 Å². The highest BCUT2D eigenvalue weighted by atomic mass is 32.1. The molecule has 9 nitrogen and oxygen atoms in total. The molecule has 0 unspecified atom stereocenters. The second-order valence-electron chi connectivity index (χ2n) is 8.05. The van der Waals surface area contributed by atoms with Crippen LogP contribution in [-0.2, 0) is 4.84 Å². The quantitative estimate of drug-likeness (QED) is 0.534. The van der Waals surface area contributed by atoms with E-state index in [2.05, 4.69) is 30.4 Å². The van der Waals surface area contributed by atoms with Crippen LogP contribution in [0.25, 0.3) is 10.6 Å². The van der Waals surface area contributed by atoms with Gasteiger partial charge >= 0.3 is 0 Å². The van der Waals surface area contributed by atoms with Crippen LogP contribution in [0.5, 0.6) is 0 Å². The molecule has 1 amide bonds. The van der Waals surface area contributed by atoms with Crippen LogP contribution < -0.4 is 5.32 Å². The van der Waals surface area contributed by atoms with Gasteiger partial charge in [-0.05, 0) is 26.7 Å². The van der Waals surface area contributed by atoms with Crippen molar-refractivity contribution in [2.45, 2.75) is 51.6 Å². The van der Waals surface area contributed by atoms with Gasteiger partial charge in [-0.25, -0.2) is 15.0 Å². The monoisotopic (exact) mass is 487 g/mol. The lowest BCUT2D eigenvalue weighted by atomic mass is 10.0. The number of carbonyl (C=O) groups is 1. The maximum absolute atomic E-state index is 14.8. The van der Waals surface area contributed by atoms with Crippen molar-refractivity contribution in [1.82, 2.24) is 24.8 Å². The predicted octanol–water partition coefficient (Wildman–Crippen LogP) is 4.33. The molecule has 2 saturated heterocycles. The molecule has 1 N–H and O–H groups in total. The summed E-state index contributed by atoms with van der Waals surface area (Å²) in [6, 6.07) is -0.0338. The molecule has 0 aliphatic carbocycles. The molecule has 2 fully saturated rings. The van der Waals surface area contributed by atoms with Crippen molar-refractivity contribution >= 4 is 45.2 Å².